The molecule has 0 saturated carbocycles. The topological polar surface area (TPSA) is 35.6 Å². The minimum Gasteiger partial charge on any atom is -0.337 e. The van der Waals surface area contributed by atoms with Gasteiger partial charge in [0.1, 0.15) is 0 Å². The predicted octanol–water partition coefficient (Wildman–Crippen LogP) is 1.96. The van der Waals surface area contributed by atoms with Gasteiger partial charge in [0.05, 0.1) is 5.56 Å². The molecule has 1 aromatic rings. The number of amides is 1. The van der Waals surface area contributed by atoms with Gasteiger partial charge in [-0.15, -0.1) is 0 Å². The SMILES string of the molecule is CC(=O)N(CCN1CCNCC1)Cc1ccccc1C(F)(F)F. The number of hydrogen-bond donors (Lipinski definition) is 1. The van der Waals surface area contributed by atoms with Gasteiger partial charge in [-0.1, -0.05) is 18.2 Å². The van der Waals surface area contributed by atoms with Gasteiger partial charge in [-0.3, -0.25) is 9.69 Å². The standard InChI is InChI=1S/C16H22F3N3O/c1-13(23)22(11-10-21-8-6-20-7-9-21)12-14-4-2-3-5-15(14)16(17,18)19/h2-5,20H,6-12H2,1H3. The zero-order chi connectivity index (χ0) is 16.9. The molecular weight excluding hydrogens is 307 g/mol. The van der Waals surface area contributed by atoms with Crippen molar-refractivity contribution in [2.75, 3.05) is 39.3 Å². The molecule has 1 heterocycles. The summed E-state index contributed by atoms with van der Waals surface area (Å²) >= 11 is 0. The molecule has 4 nitrogen and oxygen atoms in total. The third kappa shape index (κ3) is 5.21. The second-order valence-electron chi connectivity index (χ2n) is 5.69. The van der Waals surface area contributed by atoms with Gasteiger partial charge in [0.15, 0.2) is 0 Å². The van der Waals surface area contributed by atoms with Gasteiger partial charge < -0.3 is 10.2 Å². The van der Waals surface area contributed by atoms with Crippen molar-refractivity contribution in [2.24, 2.45) is 0 Å². The lowest BCUT2D eigenvalue weighted by atomic mass is 10.1. The highest BCUT2D eigenvalue weighted by atomic mass is 19.4. The maximum Gasteiger partial charge on any atom is 0.416 e. The van der Waals surface area contributed by atoms with Crippen molar-refractivity contribution in [1.29, 1.82) is 0 Å². The summed E-state index contributed by atoms with van der Waals surface area (Å²) in [5, 5.41) is 3.24. The van der Waals surface area contributed by atoms with Crippen molar-refractivity contribution in [2.45, 2.75) is 19.6 Å². The molecule has 0 radical (unpaired) electrons. The molecule has 1 aliphatic heterocycles. The van der Waals surface area contributed by atoms with Crippen LogP contribution in [0.15, 0.2) is 24.3 Å². The van der Waals surface area contributed by atoms with E-state index in [0.717, 1.165) is 32.2 Å². The molecule has 1 N–H and O–H groups in total. The molecule has 0 atom stereocenters. The second kappa shape index (κ2) is 7.79. The van der Waals surface area contributed by atoms with Crippen LogP contribution < -0.4 is 5.32 Å². The predicted molar refractivity (Wildman–Crippen MR) is 81.8 cm³/mol. The zero-order valence-corrected chi connectivity index (χ0v) is 13.2. The van der Waals surface area contributed by atoms with Crippen LogP contribution in [0.5, 0.6) is 0 Å². The van der Waals surface area contributed by atoms with Crippen molar-refractivity contribution in [1.82, 2.24) is 15.1 Å². The minimum absolute atomic E-state index is 0.0168. The van der Waals surface area contributed by atoms with Crippen LogP contribution in [-0.4, -0.2) is 55.0 Å². The van der Waals surface area contributed by atoms with Gasteiger partial charge in [-0.25, -0.2) is 0 Å². The van der Waals surface area contributed by atoms with E-state index in [1.165, 1.54) is 24.0 Å². The number of nitrogens with one attached hydrogen (secondary N) is 1. The molecule has 0 bridgehead atoms. The van der Waals surface area contributed by atoms with Crippen LogP contribution in [0, 0.1) is 0 Å². The molecule has 0 spiro atoms. The Morgan fingerprint density at radius 3 is 2.52 bits per heavy atom. The van der Waals surface area contributed by atoms with E-state index < -0.39 is 11.7 Å². The molecule has 1 aromatic carbocycles. The highest BCUT2D eigenvalue weighted by molar-refractivity contribution is 5.73. The molecule has 1 amide bonds. The summed E-state index contributed by atoms with van der Waals surface area (Å²) in [5.41, 5.74) is -0.538. The minimum atomic E-state index is -4.41. The number of carbonyl (C=O) groups excluding carboxylic acids is 1. The number of piperazine rings is 1. The van der Waals surface area contributed by atoms with Gasteiger partial charge in [0.2, 0.25) is 5.91 Å². The second-order valence-corrected chi connectivity index (χ2v) is 5.69. The van der Waals surface area contributed by atoms with E-state index >= 15 is 0 Å². The Morgan fingerprint density at radius 1 is 1.26 bits per heavy atom. The van der Waals surface area contributed by atoms with Crippen LogP contribution in [0.1, 0.15) is 18.1 Å². The Bertz CT molecular complexity index is 528. The lowest BCUT2D eigenvalue weighted by Crippen LogP contribution is -2.46. The third-order valence-corrected chi connectivity index (χ3v) is 4.03. The third-order valence-electron chi connectivity index (χ3n) is 4.03. The van der Waals surface area contributed by atoms with Gasteiger partial charge in [-0.2, -0.15) is 13.2 Å². The first-order valence-electron chi connectivity index (χ1n) is 7.71. The zero-order valence-electron chi connectivity index (χ0n) is 13.2. The van der Waals surface area contributed by atoms with Crippen LogP contribution in [0.4, 0.5) is 13.2 Å². The van der Waals surface area contributed by atoms with E-state index in [0.29, 0.717) is 13.1 Å². The Balaban J connectivity index is 2.03. The van der Waals surface area contributed by atoms with Crippen LogP contribution in [0.25, 0.3) is 0 Å². The van der Waals surface area contributed by atoms with E-state index in [4.69, 9.17) is 0 Å². The average Bonchev–Trinajstić information content (AvgIpc) is 2.51. The maximum absolute atomic E-state index is 13.1. The highest BCUT2D eigenvalue weighted by Gasteiger charge is 2.33. The Morgan fingerprint density at radius 2 is 1.91 bits per heavy atom. The summed E-state index contributed by atoms with van der Waals surface area (Å²) in [7, 11) is 0. The summed E-state index contributed by atoms with van der Waals surface area (Å²) in [5.74, 6) is -0.211. The van der Waals surface area contributed by atoms with Crippen molar-refractivity contribution in [3.05, 3.63) is 35.4 Å². The molecule has 1 fully saturated rings. The van der Waals surface area contributed by atoms with Crippen LogP contribution in [0.2, 0.25) is 0 Å². The van der Waals surface area contributed by atoms with Gasteiger partial charge >= 0.3 is 6.18 Å². The number of halogens is 3. The van der Waals surface area contributed by atoms with Gasteiger partial charge in [0.25, 0.3) is 0 Å². The van der Waals surface area contributed by atoms with E-state index in [1.54, 1.807) is 6.07 Å². The van der Waals surface area contributed by atoms with E-state index in [1.807, 2.05) is 0 Å². The van der Waals surface area contributed by atoms with E-state index in [9.17, 15) is 18.0 Å². The Kier molecular flexibility index (Phi) is 6.01. The number of rotatable bonds is 5. The lowest BCUT2D eigenvalue weighted by molar-refractivity contribution is -0.139. The summed E-state index contributed by atoms with van der Waals surface area (Å²) in [6.07, 6.45) is -4.41. The van der Waals surface area contributed by atoms with E-state index in [2.05, 4.69) is 10.2 Å². The Hall–Kier alpha value is -1.60. The van der Waals surface area contributed by atoms with E-state index in [-0.39, 0.29) is 18.0 Å². The molecule has 1 saturated heterocycles. The number of carbonyl (C=O) groups is 1. The van der Waals surface area contributed by atoms with Crippen molar-refractivity contribution >= 4 is 5.91 Å². The fraction of sp³-hybridized carbons (Fsp3) is 0.562. The summed E-state index contributed by atoms with van der Waals surface area (Å²) in [6, 6.07) is 5.43. The van der Waals surface area contributed by atoms with Gasteiger partial charge in [-0.05, 0) is 11.6 Å². The molecule has 0 aromatic heterocycles. The first-order valence-corrected chi connectivity index (χ1v) is 7.71. The summed E-state index contributed by atoms with van der Waals surface area (Å²) in [4.78, 5) is 15.5. The average molecular weight is 329 g/mol. The first kappa shape index (κ1) is 17.7. The molecule has 23 heavy (non-hydrogen) atoms. The number of benzene rings is 1. The van der Waals surface area contributed by atoms with Gasteiger partial charge in [0, 0.05) is 52.7 Å². The normalized spacial score (nSPS) is 16.3. The highest BCUT2D eigenvalue weighted by Crippen LogP contribution is 2.32. The molecule has 1 aliphatic rings. The fourth-order valence-corrected chi connectivity index (χ4v) is 2.69. The molecule has 128 valence electrons. The number of nitrogens with zero attached hydrogens (tertiary/aromatic N) is 2. The quantitative estimate of drug-likeness (QED) is 0.897. The summed E-state index contributed by atoms with van der Waals surface area (Å²) in [6.45, 7) is 6.08. The Labute approximate surface area is 134 Å². The molecule has 0 aliphatic carbocycles. The smallest absolute Gasteiger partial charge is 0.337 e. The van der Waals surface area contributed by atoms with Crippen LogP contribution in [0.3, 0.4) is 0 Å². The van der Waals surface area contributed by atoms with Crippen molar-refractivity contribution in [3.8, 4) is 0 Å². The maximum atomic E-state index is 13.1. The van der Waals surface area contributed by atoms with Crippen molar-refractivity contribution < 1.29 is 18.0 Å². The van der Waals surface area contributed by atoms with Crippen molar-refractivity contribution in [3.63, 3.8) is 0 Å². The molecular formula is C16H22F3N3O. The molecule has 7 heteroatoms. The fourth-order valence-electron chi connectivity index (χ4n) is 2.69. The largest absolute Gasteiger partial charge is 0.416 e. The van der Waals surface area contributed by atoms with Crippen LogP contribution >= 0.6 is 0 Å². The monoisotopic (exact) mass is 329 g/mol. The molecule has 2 rings (SSSR count). The van der Waals surface area contributed by atoms with Crippen LogP contribution in [-0.2, 0) is 17.5 Å². The molecule has 0 unspecified atom stereocenters. The lowest BCUT2D eigenvalue weighted by Gasteiger charge is -2.30. The summed E-state index contributed by atoms with van der Waals surface area (Å²) < 4.78 is 39.2. The number of alkyl halides is 3. The first-order chi connectivity index (χ1) is 10.9. The number of hydrogen-bond acceptors (Lipinski definition) is 3.